The minimum atomic E-state index is 0.238. The maximum Gasteiger partial charge on any atom is 0.231 e. The van der Waals surface area contributed by atoms with Gasteiger partial charge in [-0.05, 0) is 24.3 Å². The first-order chi connectivity index (χ1) is 8.36. The van der Waals surface area contributed by atoms with Crippen LogP contribution in [-0.4, -0.2) is 23.0 Å². The fraction of sp³-hybridized carbons (Fsp3) is 0.0833. The Morgan fingerprint density at radius 1 is 1.12 bits per heavy atom. The Hall–Kier alpha value is -2.43. The zero-order valence-corrected chi connectivity index (χ0v) is 8.79. The molecular formula is C12H8N2O3. The van der Waals surface area contributed by atoms with Gasteiger partial charge in [-0.3, -0.25) is 4.79 Å². The van der Waals surface area contributed by atoms with Crippen LogP contribution in [0.1, 0.15) is 10.5 Å². The predicted octanol–water partition coefficient (Wildman–Crippen LogP) is 1.68. The van der Waals surface area contributed by atoms with Crippen molar-refractivity contribution in [3.05, 3.63) is 36.3 Å². The lowest BCUT2D eigenvalue weighted by Crippen LogP contribution is -1.93. The molecule has 2 heterocycles. The molecule has 0 spiro atoms. The molecule has 0 N–H and O–H groups in total. The molecule has 0 unspecified atom stereocenters. The quantitative estimate of drug-likeness (QED) is 0.732. The highest BCUT2D eigenvalue weighted by Crippen LogP contribution is 2.35. The van der Waals surface area contributed by atoms with Gasteiger partial charge in [-0.2, -0.15) is 0 Å². The molecule has 0 radical (unpaired) electrons. The molecule has 1 aromatic heterocycles. The molecule has 0 atom stereocenters. The molecule has 17 heavy (non-hydrogen) atoms. The van der Waals surface area contributed by atoms with E-state index >= 15 is 0 Å². The average molecular weight is 228 g/mol. The SMILES string of the molecule is O=Cc1cc(-c2ccc3c(c2)OCO3)ncn1. The van der Waals surface area contributed by atoms with Crippen LogP contribution < -0.4 is 9.47 Å². The Morgan fingerprint density at radius 2 is 2.00 bits per heavy atom. The second-order valence-electron chi connectivity index (χ2n) is 3.51. The van der Waals surface area contributed by atoms with Crippen LogP contribution in [0.5, 0.6) is 11.5 Å². The van der Waals surface area contributed by atoms with Crippen molar-refractivity contribution in [1.29, 1.82) is 0 Å². The normalized spacial score (nSPS) is 12.5. The molecule has 5 nitrogen and oxygen atoms in total. The third-order valence-electron chi connectivity index (χ3n) is 2.48. The average Bonchev–Trinajstić information content (AvgIpc) is 2.86. The number of carbonyl (C=O) groups is 1. The van der Waals surface area contributed by atoms with E-state index in [1.165, 1.54) is 6.33 Å². The Kier molecular flexibility index (Phi) is 2.22. The number of aldehydes is 1. The fourth-order valence-corrected chi connectivity index (χ4v) is 1.65. The van der Waals surface area contributed by atoms with Crippen molar-refractivity contribution in [3.8, 4) is 22.8 Å². The number of fused-ring (bicyclic) bond motifs is 1. The first-order valence-electron chi connectivity index (χ1n) is 5.04. The number of aromatic nitrogens is 2. The van der Waals surface area contributed by atoms with E-state index in [1.807, 2.05) is 18.2 Å². The van der Waals surface area contributed by atoms with Gasteiger partial charge < -0.3 is 9.47 Å². The summed E-state index contributed by atoms with van der Waals surface area (Å²) in [6.07, 6.45) is 2.06. The number of benzene rings is 1. The monoisotopic (exact) mass is 228 g/mol. The van der Waals surface area contributed by atoms with E-state index < -0.39 is 0 Å². The van der Waals surface area contributed by atoms with Gasteiger partial charge in [0.2, 0.25) is 6.79 Å². The van der Waals surface area contributed by atoms with Crippen molar-refractivity contribution in [2.45, 2.75) is 0 Å². The van der Waals surface area contributed by atoms with E-state index in [0.717, 1.165) is 11.3 Å². The summed E-state index contributed by atoms with van der Waals surface area (Å²) in [6.45, 7) is 0.238. The summed E-state index contributed by atoms with van der Waals surface area (Å²) in [5.41, 5.74) is 1.90. The van der Waals surface area contributed by atoms with Crippen LogP contribution in [0.4, 0.5) is 0 Å². The first-order valence-corrected chi connectivity index (χ1v) is 5.04. The molecule has 2 aromatic rings. The fourth-order valence-electron chi connectivity index (χ4n) is 1.65. The minimum absolute atomic E-state index is 0.238. The summed E-state index contributed by atoms with van der Waals surface area (Å²) in [4.78, 5) is 18.6. The second-order valence-corrected chi connectivity index (χ2v) is 3.51. The molecule has 0 saturated carbocycles. The van der Waals surface area contributed by atoms with Crippen molar-refractivity contribution >= 4 is 6.29 Å². The molecule has 0 fully saturated rings. The highest BCUT2D eigenvalue weighted by atomic mass is 16.7. The topological polar surface area (TPSA) is 61.3 Å². The minimum Gasteiger partial charge on any atom is -0.454 e. The van der Waals surface area contributed by atoms with Gasteiger partial charge >= 0.3 is 0 Å². The Morgan fingerprint density at radius 3 is 2.88 bits per heavy atom. The summed E-state index contributed by atoms with van der Waals surface area (Å²) in [7, 11) is 0. The van der Waals surface area contributed by atoms with Gasteiger partial charge in [0.1, 0.15) is 12.0 Å². The van der Waals surface area contributed by atoms with Crippen molar-refractivity contribution in [1.82, 2.24) is 9.97 Å². The zero-order chi connectivity index (χ0) is 11.7. The summed E-state index contributed by atoms with van der Waals surface area (Å²) >= 11 is 0. The number of hydrogen-bond acceptors (Lipinski definition) is 5. The van der Waals surface area contributed by atoms with Crippen LogP contribution in [0.15, 0.2) is 30.6 Å². The number of rotatable bonds is 2. The van der Waals surface area contributed by atoms with Crippen molar-refractivity contribution in [2.75, 3.05) is 6.79 Å². The molecule has 3 rings (SSSR count). The van der Waals surface area contributed by atoms with Gasteiger partial charge in [0, 0.05) is 5.56 Å². The molecule has 0 saturated heterocycles. The Bertz CT molecular complexity index is 584. The van der Waals surface area contributed by atoms with E-state index in [0.29, 0.717) is 23.4 Å². The van der Waals surface area contributed by atoms with Crippen LogP contribution in [0.2, 0.25) is 0 Å². The number of nitrogens with zero attached hydrogens (tertiary/aromatic N) is 2. The highest BCUT2D eigenvalue weighted by Gasteiger charge is 2.14. The molecule has 1 aromatic carbocycles. The van der Waals surface area contributed by atoms with E-state index in [-0.39, 0.29) is 6.79 Å². The number of carbonyl (C=O) groups excluding carboxylic acids is 1. The highest BCUT2D eigenvalue weighted by molar-refractivity contribution is 5.75. The van der Waals surface area contributed by atoms with Gasteiger partial charge in [0.05, 0.1) is 5.69 Å². The summed E-state index contributed by atoms with van der Waals surface area (Å²) in [6, 6.07) is 7.15. The summed E-state index contributed by atoms with van der Waals surface area (Å²) < 4.78 is 10.5. The number of ether oxygens (including phenoxy) is 2. The first kappa shape index (κ1) is 9.77. The standard InChI is InChI=1S/C12H8N2O3/c15-5-9-4-10(14-6-13-9)8-1-2-11-12(3-8)17-7-16-11/h1-6H,7H2. The van der Waals surface area contributed by atoms with Crippen LogP contribution in [-0.2, 0) is 0 Å². The molecule has 5 heteroatoms. The predicted molar refractivity (Wildman–Crippen MR) is 59.0 cm³/mol. The van der Waals surface area contributed by atoms with Gasteiger partial charge in [-0.25, -0.2) is 9.97 Å². The summed E-state index contributed by atoms with van der Waals surface area (Å²) in [5, 5.41) is 0. The lowest BCUT2D eigenvalue weighted by molar-refractivity contribution is 0.111. The number of hydrogen-bond donors (Lipinski definition) is 0. The lowest BCUT2D eigenvalue weighted by atomic mass is 10.1. The summed E-state index contributed by atoms with van der Waals surface area (Å²) in [5.74, 6) is 1.41. The van der Waals surface area contributed by atoms with Crippen LogP contribution in [0.3, 0.4) is 0 Å². The van der Waals surface area contributed by atoms with Gasteiger partial charge in [0.15, 0.2) is 17.8 Å². The maximum atomic E-state index is 10.6. The van der Waals surface area contributed by atoms with E-state index in [1.54, 1.807) is 6.07 Å². The van der Waals surface area contributed by atoms with Crippen LogP contribution in [0, 0.1) is 0 Å². The van der Waals surface area contributed by atoms with Gasteiger partial charge in [-0.15, -0.1) is 0 Å². The molecule has 1 aliphatic rings. The van der Waals surface area contributed by atoms with Gasteiger partial charge in [0.25, 0.3) is 0 Å². The van der Waals surface area contributed by atoms with Gasteiger partial charge in [-0.1, -0.05) is 0 Å². The largest absolute Gasteiger partial charge is 0.454 e. The molecule has 84 valence electrons. The van der Waals surface area contributed by atoms with E-state index in [9.17, 15) is 4.79 Å². The Balaban J connectivity index is 2.06. The Labute approximate surface area is 97.0 Å². The zero-order valence-electron chi connectivity index (χ0n) is 8.79. The van der Waals surface area contributed by atoms with E-state index in [4.69, 9.17) is 9.47 Å². The van der Waals surface area contributed by atoms with Crippen molar-refractivity contribution < 1.29 is 14.3 Å². The third kappa shape index (κ3) is 1.71. The van der Waals surface area contributed by atoms with Crippen molar-refractivity contribution in [3.63, 3.8) is 0 Å². The molecule has 0 aliphatic carbocycles. The smallest absolute Gasteiger partial charge is 0.231 e. The van der Waals surface area contributed by atoms with Crippen LogP contribution >= 0.6 is 0 Å². The molecule has 0 amide bonds. The maximum absolute atomic E-state index is 10.6. The second kappa shape index (κ2) is 3.86. The van der Waals surface area contributed by atoms with Crippen molar-refractivity contribution in [2.24, 2.45) is 0 Å². The molecular weight excluding hydrogens is 220 g/mol. The third-order valence-corrected chi connectivity index (χ3v) is 2.48. The lowest BCUT2D eigenvalue weighted by Gasteiger charge is -2.02. The van der Waals surface area contributed by atoms with E-state index in [2.05, 4.69) is 9.97 Å². The molecule has 1 aliphatic heterocycles. The van der Waals surface area contributed by atoms with Crippen LogP contribution in [0.25, 0.3) is 11.3 Å². The molecule has 0 bridgehead atoms.